The average molecular weight is 738 g/mol. The molecule has 4 aromatic carbocycles. The quantitative estimate of drug-likeness (QED) is 0.210. The summed E-state index contributed by atoms with van der Waals surface area (Å²) in [6.45, 7) is 7.66. The molecule has 3 atom stereocenters. The zero-order valence-corrected chi connectivity index (χ0v) is 31.5. The number of carbonyl (C=O) groups excluding carboxylic acids is 3. The standard InChI is InChI=1S/C46H51N5O4/c52-39-13-15-40-34(28-39)6-7-35(26-31-4-2-1-3-5-31)44(40)33-8-10-37(11-9-33)49-20-18-32(19-21-49)29-48-22-24-50(25-23-48)38-12-14-41-36(27-38)30-51(46(41)55)42-16-17-43(53)47-45(42)54/h1-5,8-15,27-28,32,35,42,44,52H,6-7,16-26,29-30H2,(H,47,53,54)/t35-,42-,44+/m0/s1. The summed E-state index contributed by atoms with van der Waals surface area (Å²) < 4.78 is 0. The molecule has 0 unspecified atom stereocenters. The van der Waals surface area contributed by atoms with Crippen LogP contribution in [0.4, 0.5) is 11.4 Å². The van der Waals surface area contributed by atoms with Gasteiger partial charge in [-0.1, -0.05) is 48.5 Å². The van der Waals surface area contributed by atoms with Gasteiger partial charge in [-0.3, -0.25) is 24.6 Å². The molecule has 4 aromatic rings. The molecule has 9 rings (SSSR count). The molecule has 3 saturated heterocycles. The number of piperazine rings is 1. The van der Waals surface area contributed by atoms with Gasteiger partial charge in [-0.05, 0) is 121 Å². The highest BCUT2D eigenvalue weighted by atomic mass is 16.3. The number of aryl methyl sites for hydroxylation is 1. The molecule has 0 radical (unpaired) electrons. The number of nitrogens with one attached hydrogen (secondary N) is 1. The second-order valence-corrected chi connectivity index (χ2v) is 16.4. The maximum absolute atomic E-state index is 13.2. The van der Waals surface area contributed by atoms with Crippen LogP contribution in [0.1, 0.15) is 76.2 Å². The van der Waals surface area contributed by atoms with E-state index >= 15 is 0 Å². The second kappa shape index (κ2) is 15.2. The van der Waals surface area contributed by atoms with E-state index in [4.69, 9.17) is 0 Å². The molecule has 5 aliphatic rings. The molecule has 9 nitrogen and oxygen atoms in total. The minimum atomic E-state index is -0.585. The first-order valence-corrected chi connectivity index (χ1v) is 20.3. The number of fused-ring (bicyclic) bond motifs is 2. The highest BCUT2D eigenvalue weighted by molar-refractivity contribution is 6.05. The number of imide groups is 1. The Kier molecular flexibility index (Phi) is 9.81. The van der Waals surface area contributed by atoms with Gasteiger partial charge in [-0.2, -0.15) is 0 Å². The number of anilines is 2. The van der Waals surface area contributed by atoms with Crippen LogP contribution < -0.4 is 15.1 Å². The maximum atomic E-state index is 13.2. The van der Waals surface area contributed by atoms with Crippen LogP contribution in [0.25, 0.3) is 0 Å². The van der Waals surface area contributed by atoms with Crippen molar-refractivity contribution in [3.8, 4) is 5.75 Å². The lowest BCUT2D eigenvalue weighted by molar-refractivity contribution is -0.136. The number of aromatic hydroxyl groups is 1. The van der Waals surface area contributed by atoms with Crippen LogP contribution in [0.5, 0.6) is 5.75 Å². The molecule has 3 amide bonds. The molecule has 0 saturated carbocycles. The summed E-state index contributed by atoms with van der Waals surface area (Å²) in [7, 11) is 0. The second-order valence-electron chi connectivity index (χ2n) is 16.4. The number of phenols is 1. The molecule has 2 N–H and O–H groups in total. The number of hydrogen-bond acceptors (Lipinski definition) is 7. The van der Waals surface area contributed by atoms with E-state index in [0.29, 0.717) is 42.0 Å². The van der Waals surface area contributed by atoms with E-state index < -0.39 is 6.04 Å². The predicted octanol–water partition coefficient (Wildman–Crippen LogP) is 6.13. The van der Waals surface area contributed by atoms with Gasteiger partial charge in [0.2, 0.25) is 11.8 Å². The lowest BCUT2D eigenvalue weighted by Crippen LogP contribution is -2.52. The van der Waals surface area contributed by atoms with Crippen LogP contribution in [0, 0.1) is 11.8 Å². The van der Waals surface area contributed by atoms with Crippen LogP contribution in [-0.4, -0.2) is 84.5 Å². The van der Waals surface area contributed by atoms with Gasteiger partial charge in [-0.15, -0.1) is 0 Å². The van der Waals surface area contributed by atoms with Crippen molar-refractivity contribution in [3.63, 3.8) is 0 Å². The summed E-state index contributed by atoms with van der Waals surface area (Å²) >= 11 is 0. The summed E-state index contributed by atoms with van der Waals surface area (Å²) in [5.41, 5.74) is 9.48. The Morgan fingerprint density at radius 3 is 2.20 bits per heavy atom. The van der Waals surface area contributed by atoms with Crippen LogP contribution >= 0.6 is 0 Å². The number of hydrogen-bond donors (Lipinski definition) is 2. The van der Waals surface area contributed by atoms with Gasteiger partial charge < -0.3 is 19.8 Å². The number of carbonyl (C=O) groups is 3. The summed E-state index contributed by atoms with van der Waals surface area (Å²) in [6, 6.07) is 31.7. The Bertz CT molecular complexity index is 2050. The van der Waals surface area contributed by atoms with Crippen LogP contribution in [0.2, 0.25) is 0 Å². The molecule has 3 fully saturated rings. The normalized spacial score (nSPS) is 23.5. The van der Waals surface area contributed by atoms with Gasteiger partial charge >= 0.3 is 0 Å². The molecule has 1 aliphatic carbocycles. The van der Waals surface area contributed by atoms with Crippen molar-refractivity contribution in [3.05, 3.63) is 124 Å². The van der Waals surface area contributed by atoms with E-state index in [-0.39, 0.29) is 24.1 Å². The highest BCUT2D eigenvalue weighted by Crippen LogP contribution is 2.44. The fourth-order valence-corrected chi connectivity index (χ4v) is 10.0. The SMILES string of the molecule is O=C1CC[C@H](N2Cc3cc(N4CCN(CC5CCN(c6ccc([C@H]7c8ccc(O)cc8CC[C@H]7Cc7ccccc7)cc6)CC5)CC4)ccc3C2=O)C(=O)N1. The van der Waals surface area contributed by atoms with Crippen LogP contribution in [0.3, 0.4) is 0 Å². The van der Waals surface area contributed by atoms with Gasteiger partial charge in [0.1, 0.15) is 11.8 Å². The fourth-order valence-electron chi connectivity index (χ4n) is 10.0. The number of benzene rings is 4. The molecule has 0 spiro atoms. The Morgan fingerprint density at radius 1 is 0.691 bits per heavy atom. The minimum absolute atomic E-state index is 0.121. The van der Waals surface area contributed by atoms with Crippen LogP contribution in [0.15, 0.2) is 91.0 Å². The zero-order chi connectivity index (χ0) is 37.5. The number of nitrogens with zero attached hydrogens (tertiary/aromatic N) is 4. The van der Waals surface area contributed by atoms with E-state index in [0.717, 1.165) is 76.3 Å². The minimum Gasteiger partial charge on any atom is -0.508 e. The van der Waals surface area contributed by atoms with E-state index in [9.17, 15) is 19.5 Å². The number of phenolic OH excluding ortho intramolecular Hbond substituents is 1. The third-order valence-electron chi connectivity index (χ3n) is 13.1. The molecule has 55 heavy (non-hydrogen) atoms. The monoisotopic (exact) mass is 737 g/mol. The Morgan fingerprint density at radius 2 is 1.44 bits per heavy atom. The molecule has 0 bridgehead atoms. The van der Waals surface area contributed by atoms with Crippen molar-refractivity contribution in [2.45, 2.75) is 63.5 Å². The van der Waals surface area contributed by atoms with Gasteiger partial charge in [0.15, 0.2) is 0 Å². The predicted molar refractivity (Wildman–Crippen MR) is 214 cm³/mol. The van der Waals surface area contributed by atoms with Crippen molar-refractivity contribution < 1.29 is 19.5 Å². The first-order chi connectivity index (χ1) is 26.9. The topological polar surface area (TPSA) is 96.4 Å². The fraction of sp³-hybridized carbons (Fsp3) is 0.413. The molecule has 4 aliphatic heterocycles. The van der Waals surface area contributed by atoms with Gasteiger partial charge in [0.25, 0.3) is 5.91 Å². The first kappa shape index (κ1) is 35.5. The van der Waals surface area contributed by atoms with E-state index in [1.165, 1.54) is 40.8 Å². The smallest absolute Gasteiger partial charge is 0.255 e. The van der Waals surface area contributed by atoms with E-state index in [1.807, 2.05) is 24.3 Å². The Hall–Kier alpha value is -5.15. The van der Waals surface area contributed by atoms with Crippen molar-refractivity contribution in [2.24, 2.45) is 11.8 Å². The maximum Gasteiger partial charge on any atom is 0.255 e. The number of piperidine rings is 2. The summed E-state index contributed by atoms with van der Waals surface area (Å²) in [5.74, 6) is 1.12. The van der Waals surface area contributed by atoms with Gasteiger partial charge in [0.05, 0.1) is 0 Å². The largest absolute Gasteiger partial charge is 0.508 e. The molecular weight excluding hydrogens is 687 g/mol. The molecule has 9 heteroatoms. The third kappa shape index (κ3) is 7.34. The van der Waals surface area contributed by atoms with Crippen LogP contribution in [-0.2, 0) is 29.0 Å². The summed E-state index contributed by atoms with van der Waals surface area (Å²) in [5, 5.41) is 12.6. The summed E-state index contributed by atoms with van der Waals surface area (Å²) in [4.78, 5) is 46.5. The van der Waals surface area contributed by atoms with Gasteiger partial charge in [-0.25, -0.2) is 0 Å². The van der Waals surface area contributed by atoms with Crippen molar-refractivity contribution in [1.82, 2.24) is 15.1 Å². The third-order valence-corrected chi connectivity index (χ3v) is 13.1. The summed E-state index contributed by atoms with van der Waals surface area (Å²) in [6.07, 6.45) is 6.22. The molecular formula is C46H51N5O4. The van der Waals surface area contributed by atoms with Crippen molar-refractivity contribution in [1.29, 1.82) is 0 Å². The molecule has 4 heterocycles. The lowest BCUT2D eigenvalue weighted by atomic mass is 9.70. The Labute approximate surface area is 323 Å². The average Bonchev–Trinajstić information content (AvgIpc) is 3.53. The van der Waals surface area contributed by atoms with E-state index in [1.54, 1.807) is 4.90 Å². The van der Waals surface area contributed by atoms with E-state index in [2.05, 4.69) is 86.7 Å². The Balaban J connectivity index is 0.775. The number of amides is 3. The highest BCUT2D eigenvalue weighted by Gasteiger charge is 2.39. The van der Waals surface area contributed by atoms with Gasteiger partial charge in [0, 0.05) is 81.6 Å². The first-order valence-electron chi connectivity index (χ1n) is 20.3. The zero-order valence-electron chi connectivity index (χ0n) is 31.5. The number of rotatable bonds is 8. The lowest BCUT2D eigenvalue weighted by Gasteiger charge is -2.40. The van der Waals surface area contributed by atoms with Crippen molar-refractivity contribution in [2.75, 3.05) is 55.6 Å². The molecule has 284 valence electrons. The molecule has 0 aromatic heterocycles. The van der Waals surface area contributed by atoms with Crippen molar-refractivity contribution >= 4 is 29.1 Å².